The van der Waals surface area contributed by atoms with Crippen molar-refractivity contribution in [3.63, 3.8) is 0 Å². The van der Waals surface area contributed by atoms with E-state index in [1.807, 2.05) is 35.1 Å². The highest BCUT2D eigenvalue weighted by molar-refractivity contribution is 5.24. The average Bonchev–Trinajstić information content (AvgIpc) is 3.42. The number of aromatic nitrogens is 5. The van der Waals surface area contributed by atoms with E-state index in [1.165, 1.54) is 5.56 Å². The van der Waals surface area contributed by atoms with E-state index in [9.17, 15) is 0 Å². The van der Waals surface area contributed by atoms with Gasteiger partial charge in [-0.1, -0.05) is 36.4 Å². The number of benzene rings is 1. The van der Waals surface area contributed by atoms with E-state index in [0.29, 0.717) is 13.1 Å². The summed E-state index contributed by atoms with van der Waals surface area (Å²) in [6.45, 7) is 7.61. The van der Waals surface area contributed by atoms with Crippen LogP contribution in [0, 0.1) is 0 Å². The lowest BCUT2D eigenvalue weighted by Crippen LogP contribution is -2.34. The Morgan fingerprint density at radius 3 is 2.50 bits per heavy atom. The monoisotopic (exact) mass is 402 g/mol. The van der Waals surface area contributed by atoms with Crippen molar-refractivity contribution in [3.8, 4) is 0 Å². The van der Waals surface area contributed by atoms with Gasteiger partial charge in [-0.25, -0.2) is 4.68 Å². The molecule has 7 nitrogen and oxygen atoms in total. The van der Waals surface area contributed by atoms with Gasteiger partial charge in [-0.3, -0.25) is 9.88 Å². The molecule has 0 fully saturated rings. The number of hydrogen-bond acceptors (Lipinski definition) is 6. The van der Waals surface area contributed by atoms with Gasteiger partial charge in [-0.2, -0.15) is 0 Å². The van der Waals surface area contributed by atoms with Crippen LogP contribution in [0.5, 0.6) is 0 Å². The van der Waals surface area contributed by atoms with Crippen molar-refractivity contribution in [1.29, 1.82) is 0 Å². The van der Waals surface area contributed by atoms with Gasteiger partial charge >= 0.3 is 0 Å². The number of hydrogen-bond donors (Lipinski definition) is 0. The highest BCUT2D eigenvalue weighted by Gasteiger charge is 2.32. The minimum absolute atomic E-state index is 0.196. The van der Waals surface area contributed by atoms with Gasteiger partial charge in [0.15, 0.2) is 5.82 Å². The van der Waals surface area contributed by atoms with Gasteiger partial charge in [-0.15, -0.1) is 5.10 Å². The lowest BCUT2D eigenvalue weighted by Gasteiger charge is -2.32. The number of tetrazole rings is 1. The van der Waals surface area contributed by atoms with Gasteiger partial charge in [0.25, 0.3) is 0 Å². The molecule has 30 heavy (non-hydrogen) atoms. The normalized spacial score (nSPS) is 12.9. The molecule has 0 amide bonds. The van der Waals surface area contributed by atoms with Crippen LogP contribution in [0.1, 0.15) is 49.5 Å². The first-order valence-electron chi connectivity index (χ1n) is 10.0. The molecular weight excluding hydrogens is 376 g/mol. The maximum Gasteiger partial charge on any atom is 0.173 e. The molecule has 0 aliphatic rings. The fourth-order valence-corrected chi connectivity index (χ4v) is 3.56. The summed E-state index contributed by atoms with van der Waals surface area (Å²) in [6, 6.07) is 18.1. The van der Waals surface area contributed by atoms with Crippen LogP contribution in [0.3, 0.4) is 0 Å². The summed E-state index contributed by atoms with van der Waals surface area (Å²) in [4.78, 5) is 6.68. The highest BCUT2D eigenvalue weighted by Crippen LogP contribution is 2.32. The third kappa shape index (κ3) is 4.46. The first-order valence-corrected chi connectivity index (χ1v) is 10.0. The summed E-state index contributed by atoms with van der Waals surface area (Å²) in [6.07, 6.45) is 5.36. The van der Waals surface area contributed by atoms with Crippen LogP contribution in [0.2, 0.25) is 0 Å². The molecule has 0 aliphatic carbocycles. The average molecular weight is 403 g/mol. The van der Waals surface area contributed by atoms with Crippen LogP contribution in [-0.4, -0.2) is 30.1 Å². The van der Waals surface area contributed by atoms with Crippen LogP contribution < -0.4 is 0 Å². The molecule has 0 spiro atoms. The Morgan fingerprint density at radius 2 is 1.83 bits per heavy atom. The Morgan fingerprint density at radius 1 is 1.00 bits per heavy atom. The quantitative estimate of drug-likeness (QED) is 0.461. The number of nitrogens with zero attached hydrogens (tertiary/aromatic N) is 6. The first kappa shape index (κ1) is 20.0. The van der Waals surface area contributed by atoms with Crippen LogP contribution in [-0.2, 0) is 18.6 Å². The molecule has 154 valence electrons. The maximum absolute atomic E-state index is 5.69. The minimum atomic E-state index is -0.262. The van der Waals surface area contributed by atoms with Crippen LogP contribution in [0.4, 0.5) is 0 Å². The fourth-order valence-electron chi connectivity index (χ4n) is 3.56. The van der Waals surface area contributed by atoms with E-state index in [2.05, 4.69) is 76.5 Å². The van der Waals surface area contributed by atoms with E-state index in [0.717, 1.165) is 17.1 Å². The fraction of sp³-hybridized carbons (Fsp3) is 0.304. The molecule has 7 heteroatoms. The van der Waals surface area contributed by atoms with Crippen LogP contribution >= 0.6 is 0 Å². The largest absolute Gasteiger partial charge is 0.468 e. The molecule has 0 saturated heterocycles. The molecular formula is C23H26N6O. The summed E-state index contributed by atoms with van der Waals surface area (Å²) in [5.41, 5.74) is 1.97. The molecule has 0 aliphatic heterocycles. The van der Waals surface area contributed by atoms with Crippen molar-refractivity contribution >= 4 is 0 Å². The second-order valence-corrected chi connectivity index (χ2v) is 8.28. The molecule has 0 radical (unpaired) electrons. The zero-order chi connectivity index (χ0) is 21.0. The zero-order valence-electron chi connectivity index (χ0n) is 17.5. The summed E-state index contributed by atoms with van der Waals surface area (Å²) in [5, 5.41) is 12.8. The standard InChI is InChI=1S/C23H26N6O/c1-23(2,3)29-22(25-26-27-29)21(19-11-7-13-24-15-19)28(17-20-12-8-14-30-20)16-18-9-5-4-6-10-18/h4-15,21H,16-17H2,1-3H3/t21-/m1/s1. The minimum Gasteiger partial charge on any atom is -0.468 e. The molecule has 4 rings (SSSR count). The van der Waals surface area contributed by atoms with Crippen molar-refractivity contribution in [2.75, 3.05) is 0 Å². The highest BCUT2D eigenvalue weighted by atomic mass is 16.3. The van der Waals surface area contributed by atoms with E-state index in [-0.39, 0.29) is 11.6 Å². The van der Waals surface area contributed by atoms with Crippen molar-refractivity contribution in [2.24, 2.45) is 0 Å². The van der Waals surface area contributed by atoms with E-state index in [1.54, 1.807) is 12.5 Å². The van der Waals surface area contributed by atoms with Crippen molar-refractivity contribution in [2.45, 2.75) is 45.4 Å². The van der Waals surface area contributed by atoms with Gasteiger partial charge < -0.3 is 4.42 Å². The smallest absolute Gasteiger partial charge is 0.173 e. The Bertz CT molecular complexity index is 1040. The molecule has 0 unspecified atom stereocenters. The summed E-state index contributed by atoms with van der Waals surface area (Å²) in [7, 11) is 0. The predicted octanol–water partition coefficient (Wildman–Crippen LogP) is 4.21. The number of furan rings is 1. The van der Waals surface area contributed by atoms with Crippen LogP contribution in [0.25, 0.3) is 0 Å². The van der Waals surface area contributed by atoms with E-state index in [4.69, 9.17) is 4.42 Å². The molecule has 1 aromatic carbocycles. The SMILES string of the molecule is CC(C)(C)n1nnnc1[C@@H](c1cccnc1)N(Cc1ccccc1)Cc1ccco1. The number of pyridine rings is 1. The summed E-state index contributed by atoms with van der Waals surface area (Å²) in [5.74, 6) is 1.66. The van der Waals surface area contributed by atoms with E-state index < -0.39 is 0 Å². The Balaban J connectivity index is 1.82. The van der Waals surface area contributed by atoms with Crippen LogP contribution in [0.15, 0.2) is 77.7 Å². The van der Waals surface area contributed by atoms with Gasteiger partial charge in [-0.05, 0) is 60.5 Å². The molecule has 3 heterocycles. The summed E-state index contributed by atoms with van der Waals surface area (Å²) < 4.78 is 7.58. The van der Waals surface area contributed by atoms with Gasteiger partial charge in [0.2, 0.25) is 0 Å². The second-order valence-electron chi connectivity index (χ2n) is 8.28. The molecule has 0 N–H and O–H groups in total. The van der Waals surface area contributed by atoms with Gasteiger partial charge in [0.1, 0.15) is 5.76 Å². The van der Waals surface area contributed by atoms with Crippen molar-refractivity contribution in [1.82, 2.24) is 30.1 Å². The molecule has 0 bridgehead atoms. The Kier molecular flexibility index (Phi) is 5.72. The number of rotatable bonds is 7. The maximum atomic E-state index is 5.69. The van der Waals surface area contributed by atoms with Gasteiger partial charge in [0, 0.05) is 18.9 Å². The first-order chi connectivity index (χ1) is 14.5. The molecule has 3 aromatic heterocycles. The van der Waals surface area contributed by atoms with E-state index >= 15 is 0 Å². The molecule has 4 aromatic rings. The predicted molar refractivity (Wildman–Crippen MR) is 113 cm³/mol. The van der Waals surface area contributed by atoms with Crippen molar-refractivity contribution in [3.05, 3.63) is 96.0 Å². The zero-order valence-corrected chi connectivity index (χ0v) is 17.5. The topological polar surface area (TPSA) is 72.9 Å². The third-order valence-corrected chi connectivity index (χ3v) is 4.91. The lowest BCUT2D eigenvalue weighted by molar-refractivity contribution is 0.172. The molecule has 1 atom stereocenters. The second kappa shape index (κ2) is 8.59. The summed E-state index contributed by atoms with van der Waals surface area (Å²) >= 11 is 0. The lowest BCUT2D eigenvalue weighted by atomic mass is 10.0. The van der Waals surface area contributed by atoms with Crippen molar-refractivity contribution < 1.29 is 4.42 Å². The molecule has 0 saturated carbocycles. The third-order valence-electron chi connectivity index (χ3n) is 4.91. The van der Waals surface area contributed by atoms with Gasteiger partial charge in [0.05, 0.1) is 24.4 Å². The Labute approximate surface area is 176 Å². The Hall–Kier alpha value is -3.32.